The zero-order valence-electron chi connectivity index (χ0n) is 12.6. The molecule has 0 aromatic carbocycles. The lowest BCUT2D eigenvalue weighted by Gasteiger charge is -2.20. The van der Waals surface area contributed by atoms with Crippen LogP contribution in [0.25, 0.3) is 0 Å². The average Bonchev–Trinajstić information content (AvgIpc) is 2.43. The highest BCUT2D eigenvalue weighted by molar-refractivity contribution is 5.78. The third-order valence-electron chi connectivity index (χ3n) is 2.96. The van der Waals surface area contributed by atoms with Crippen LogP contribution in [0, 0.1) is 0 Å². The predicted molar refractivity (Wildman–Crippen MR) is 87.9 cm³/mol. The number of Topliss-reactive ketones (excluding diaryl/α,β-unsaturated/α-hetero) is 1. The molecule has 0 bridgehead atoms. The van der Waals surface area contributed by atoms with Crippen molar-refractivity contribution in [2.75, 3.05) is 39.3 Å². The van der Waals surface area contributed by atoms with Crippen molar-refractivity contribution < 1.29 is 4.79 Å². The molecular weight excluding hydrogens is 248 g/mol. The van der Waals surface area contributed by atoms with Gasteiger partial charge in [0.05, 0.1) is 0 Å². The second-order valence-corrected chi connectivity index (χ2v) is 4.71. The number of rotatable bonds is 14. The number of carbonyl (C=O) groups is 1. The van der Waals surface area contributed by atoms with Crippen molar-refractivity contribution in [1.29, 1.82) is 0 Å². The van der Waals surface area contributed by atoms with Gasteiger partial charge in [0.1, 0.15) is 5.78 Å². The minimum absolute atomic E-state index is 0.293. The molecule has 0 saturated carbocycles. The van der Waals surface area contributed by atoms with Crippen LogP contribution in [0.2, 0.25) is 0 Å². The lowest BCUT2D eigenvalue weighted by molar-refractivity contribution is -0.119. The lowest BCUT2D eigenvalue weighted by Crippen LogP contribution is -2.29. The molecule has 3 heteroatoms. The number of ketones is 1. The van der Waals surface area contributed by atoms with Crippen LogP contribution in [0.1, 0.15) is 12.8 Å². The van der Waals surface area contributed by atoms with Gasteiger partial charge in [-0.25, -0.2) is 0 Å². The maximum atomic E-state index is 11.9. The van der Waals surface area contributed by atoms with Crippen LogP contribution >= 0.6 is 0 Å². The molecular formula is C17H28N2O. The highest BCUT2D eigenvalue weighted by Gasteiger charge is 2.08. The minimum atomic E-state index is 0.293. The van der Waals surface area contributed by atoms with Gasteiger partial charge >= 0.3 is 0 Å². The Kier molecular flexibility index (Phi) is 11.7. The van der Waals surface area contributed by atoms with Gasteiger partial charge in [-0.1, -0.05) is 24.3 Å². The Labute approximate surface area is 124 Å². The summed E-state index contributed by atoms with van der Waals surface area (Å²) in [5.41, 5.74) is 0. The van der Waals surface area contributed by atoms with Gasteiger partial charge in [-0.15, -0.1) is 26.3 Å². The van der Waals surface area contributed by atoms with Crippen LogP contribution in [0.5, 0.6) is 0 Å². The Morgan fingerprint density at radius 2 is 1.00 bits per heavy atom. The molecule has 0 aliphatic rings. The van der Waals surface area contributed by atoms with Gasteiger partial charge in [-0.2, -0.15) is 0 Å². The fraction of sp³-hybridized carbons (Fsp3) is 0.471. The highest BCUT2D eigenvalue weighted by atomic mass is 16.1. The highest BCUT2D eigenvalue weighted by Crippen LogP contribution is 1.99. The fourth-order valence-electron chi connectivity index (χ4n) is 1.94. The summed E-state index contributed by atoms with van der Waals surface area (Å²) in [4.78, 5) is 16.2. The van der Waals surface area contributed by atoms with Crippen LogP contribution in [0.15, 0.2) is 50.6 Å². The zero-order valence-corrected chi connectivity index (χ0v) is 12.6. The monoisotopic (exact) mass is 276 g/mol. The molecule has 0 aromatic rings. The number of carbonyl (C=O) groups excluding carboxylic acids is 1. The summed E-state index contributed by atoms with van der Waals surface area (Å²) >= 11 is 0. The summed E-state index contributed by atoms with van der Waals surface area (Å²) in [5, 5.41) is 0. The van der Waals surface area contributed by atoms with Crippen molar-refractivity contribution in [3.63, 3.8) is 0 Å². The lowest BCUT2D eigenvalue weighted by atomic mass is 10.2. The van der Waals surface area contributed by atoms with Crippen molar-refractivity contribution in [1.82, 2.24) is 9.80 Å². The number of hydrogen-bond acceptors (Lipinski definition) is 3. The maximum Gasteiger partial charge on any atom is 0.135 e. The normalized spacial score (nSPS) is 10.5. The standard InChI is InChI=1S/C17H28N2O/c1-5-11-18(12-6-2)15-9-17(20)10-16-19(13-7-3)14-8-4/h5-8H,1-4,9-16H2. The first-order valence-electron chi connectivity index (χ1n) is 7.07. The van der Waals surface area contributed by atoms with Gasteiger partial charge in [0, 0.05) is 52.1 Å². The molecule has 20 heavy (non-hydrogen) atoms. The molecule has 0 rings (SSSR count). The van der Waals surface area contributed by atoms with Crippen LogP contribution in [-0.2, 0) is 4.79 Å². The van der Waals surface area contributed by atoms with E-state index in [0.29, 0.717) is 18.6 Å². The third-order valence-corrected chi connectivity index (χ3v) is 2.96. The van der Waals surface area contributed by atoms with E-state index in [1.54, 1.807) is 0 Å². The Balaban J connectivity index is 4.01. The van der Waals surface area contributed by atoms with Crippen molar-refractivity contribution in [2.24, 2.45) is 0 Å². The first kappa shape index (κ1) is 18.6. The molecule has 112 valence electrons. The van der Waals surface area contributed by atoms with Crippen LogP contribution in [-0.4, -0.2) is 54.9 Å². The van der Waals surface area contributed by atoms with Crippen LogP contribution < -0.4 is 0 Å². The van der Waals surface area contributed by atoms with Gasteiger partial charge in [-0.3, -0.25) is 14.6 Å². The van der Waals surface area contributed by atoms with E-state index in [-0.39, 0.29) is 0 Å². The molecule has 0 saturated heterocycles. The Morgan fingerprint density at radius 3 is 1.25 bits per heavy atom. The minimum Gasteiger partial charge on any atom is -0.300 e. The number of nitrogens with zero attached hydrogens (tertiary/aromatic N) is 2. The molecule has 0 fully saturated rings. The quantitative estimate of drug-likeness (QED) is 0.456. The van der Waals surface area contributed by atoms with E-state index in [2.05, 4.69) is 36.1 Å². The summed E-state index contributed by atoms with van der Waals surface area (Å²) in [5.74, 6) is 0.293. The Hall–Kier alpha value is -1.45. The predicted octanol–water partition coefficient (Wildman–Crippen LogP) is 2.68. The zero-order chi connectivity index (χ0) is 15.2. The van der Waals surface area contributed by atoms with Gasteiger partial charge in [-0.05, 0) is 0 Å². The molecule has 0 aromatic heterocycles. The van der Waals surface area contributed by atoms with Gasteiger partial charge < -0.3 is 0 Å². The van der Waals surface area contributed by atoms with E-state index in [1.807, 2.05) is 24.3 Å². The van der Waals surface area contributed by atoms with E-state index >= 15 is 0 Å². The molecule has 0 aliphatic heterocycles. The molecule has 0 amide bonds. The van der Waals surface area contributed by atoms with Crippen molar-refractivity contribution in [2.45, 2.75) is 12.8 Å². The van der Waals surface area contributed by atoms with Gasteiger partial charge in [0.25, 0.3) is 0 Å². The average molecular weight is 276 g/mol. The van der Waals surface area contributed by atoms with Crippen LogP contribution in [0.3, 0.4) is 0 Å². The van der Waals surface area contributed by atoms with Crippen molar-refractivity contribution >= 4 is 5.78 Å². The third kappa shape index (κ3) is 9.48. The van der Waals surface area contributed by atoms with E-state index in [1.165, 1.54) is 0 Å². The number of hydrogen-bond donors (Lipinski definition) is 0. The first-order chi connectivity index (χ1) is 9.67. The van der Waals surface area contributed by atoms with E-state index in [9.17, 15) is 4.79 Å². The topological polar surface area (TPSA) is 23.6 Å². The molecule has 3 nitrogen and oxygen atoms in total. The molecule has 0 spiro atoms. The smallest absolute Gasteiger partial charge is 0.135 e. The maximum absolute atomic E-state index is 11.9. The molecule has 0 aliphatic carbocycles. The summed E-state index contributed by atoms with van der Waals surface area (Å²) in [6.45, 7) is 19.6. The molecule has 0 atom stereocenters. The van der Waals surface area contributed by atoms with Crippen LogP contribution in [0.4, 0.5) is 0 Å². The second-order valence-electron chi connectivity index (χ2n) is 4.71. The first-order valence-corrected chi connectivity index (χ1v) is 7.07. The largest absolute Gasteiger partial charge is 0.300 e. The van der Waals surface area contributed by atoms with Gasteiger partial charge in [0.2, 0.25) is 0 Å². The SMILES string of the molecule is C=CCN(CC=C)CCC(=O)CCN(CC=C)CC=C. The fourth-order valence-corrected chi connectivity index (χ4v) is 1.94. The molecule has 0 radical (unpaired) electrons. The molecule has 0 unspecified atom stereocenters. The van der Waals surface area contributed by atoms with E-state index in [0.717, 1.165) is 39.3 Å². The van der Waals surface area contributed by atoms with Gasteiger partial charge in [0.15, 0.2) is 0 Å². The van der Waals surface area contributed by atoms with Crippen molar-refractivity contribution in [3.8, 4) is 0 Å². The molecule has 0 heterocycles. The second kappa shape index (κ2) is 12.6. The summed E-state index contributed by atoms with van der Waals surface area (Å²) < 4.78 is 0. The van der Waals surface area contributed by atoms with E-state index in [4.69, 9.17) is 0 Å². The summed E-state index contributed by atoms with van der Waals surface area (Å²) in [6, 6.07) is 0. The van der Waals surface area contributed by atoms with E-state index < -0.39 is 0 Å². The van der Waals surface area contributed by atoms with Crippen molar-refractivity contribution in [3.05, 3.63) is 50.6 Å². The Bertz CT molecular complexity index is 273. The Morgan fingerprint density at radius 1 is 0.700 bits per heavy atom. The summed E-state index contributed by atoms with van der Waals surface area (Å²) in [7, 11) is 0. The molecule has 0 N–H and O–H groups in total. The summed E-state index contributed by atoms with van der Waals surface area (Å²) in [6.07, 6.45) is 8.57.